The highest BCUT2D eigenvalue weighted by molar-refractivity contribution is 9.10. The fourth-order valence-corrected chi connectivity index (χ4v) is 3.80. The molecule has 116 valence electrons. The van der Waals surface area contributed by atoms with Crippen molar-refractivity contribution in [2.24, 2.45) is 0 Å². The first-order valence-electron chi connectivity index (χ1n) is 6.75. The molecular weight excluding hydrogens is 380 g/mol. The van der Waals surface area contributed by atoms with Crippen molar-refractivity contribution >= 4 is 41.6 Å². The predicted octanol–water partition coefficient (Wildman–Crippen LogP) is 4.17. The van der Waals surface area contributed by atoms with Crippen molar-refractivity contribution in [1.29, 1.82) is 0 Å². The van der Waals surface area contributed by atoms with Crippen molar-refractivity contribution in [3.8, 4) is 0 Å². The summed E-state index contributed by atoms with van der Waals surface area (Å²) in [5.74, 6) is -0.498. The molecule has 0 radical (unpaired) electrons. The molecule has 21 heavy (non-hydrogen) atoms. The molecule has 0 aliphatic heterocycles. The lowest BCUT2D eigenvalue weighted by atomic mass is 9.97. The van der Waals surface area contributed by atoms with Gasteiger partial charge in [-0.2, -0.15) is 0 Å². The molecule has 0 saturated heterocycles. The van der Waals surface area contributed by atoms with Gasteiger partial charge in [-0.05, 0) is 50.3 Å². The van der Waals surface area contributed by atoms with Gasteiger partial charge in [0.2, 0.25) is 0 Å². The summed E-state index contributed by atoms with van der Waals surface area (Å²) in [7, 11) is 1.45. The van der Waals surface area contributed by atoms with Gasteiger partial charge >= 0.3 is 5.97 Å². The third-order valence-electron chi connectivity index (χ3n) is 3.65. The smallest absolute Gasteiger partial charge is 0.338 e. The van der Waals surface area contributed by atoms with E-state index in [1.807, 2.05) is 0 Å². The first-order valence-corrected chi connectivity index (χ1v) is 9.85. The second-order valence-corrected chi connectivity index (χ2v) is 8.60. The average Bonchev–Trinajstić information content (AvgIpc) is 2.41. The van der Waals surface area contributed by atoms with E-state index in [4.69, 9.17) is 15.4 Å². The molecule has 0 bridgehead atoms. The zero-order chi connectivity index (χ0) is 15.6. The first-order chi connectivity index (χ1) is 9.79. The van der Waals surface area contributed by atoms with Crippen molar-refractivity contribution in [3.05, 3.63) is 27.7 Å². The number of hydrogen-bond donors (Lipinski definition) is 0. The molecule has 4 nitrogen and oxygen atoms in total. The Labute approximate surface area is 137 Å². The van der Waals surface area contributed by atoms with E-state index in [-0.39, 0.29) is 16.6 Å². The number of halogens is 2. The standard InChI is InChI=1S/C14H16BrClO4S/c1-9-12(7-11(8-13(9)15)21(16,18)19)14(17)20-10-5-3-2-4-6-10/h7-8,10H,2-6H2,1H3. The van der Waals surface area contributed by atoms with Gasteiger partial charge < -0.3 is 4.74 Å². The molecule has 0 unspecified atom stereocenters. The maximum Gasteiger partial charge on any atom is 0.338 e. The van der Waals surface area contributed by atoms with E-state index in [0.717, 1.165) is 25.7 Å². The molecule has 1 aromatic carbocycles. The lowest BCUT2D eigenvalue weighted by Crippen LogP contribution is -2.21. The van der Waals surface area contributed by atoms with Crippen LogP contribution in [0.15, 0.2) is 21.5 Å². The summed E-state index contributed by atoms with van der Waals surface area (Å²) in [6.07, 6.45) is 4.91. The van der Waals surface area contributed by atoms with Crippen molar-refractivity contribution in [2.45, 2.75) is 50.0 Å². The fourth-order valence-electron chi connectivity index (χ4n) is 2.40. The zero-order valence-corrected chi connectivity index (χ0v) is 14.7. The molecule has 0 atom stereocenters. The van der Waals surface area contributed by atoms with Crippen LogP contribution in [0.5, 0.6) is 0 Å². The molecule has 1 aromatic rings. The largest absolute Gasteiger partial charge is 0.459 e. The van der Waals surface area contributed by atoms with Gasteiger partial charge in [0.25, 0.3) is 9.05 Å². The molecule has 0 N–H and O–H groups in total. The molecule has 0 spiro atoms. The molecule has 1 aliphatic carbocycles. The van der Waals surface area contributed by atoms with Crippen molar-refractivity contribution in [3.63, 3.8) is 0 Å². The van der Waals surface area contributed by atoms with Crippen LogP contribution in [0.25, 0.3) is 0 Å². The van der Waals surface area contributed by atoms with E-state index in [2.05, 4.69) is 15.9 Å². The lowest BCUT2D eigenvalue weighted by Gasteiger charge is -2.22. The summed E-state index contributed by atoms with van der Waals surface area (Å²) in [6, 6.07) is 2.66. The number of hydrogen-bond acceptors (Lipinski definition) is 4. The van der Waals surface area contributed by atoms with Gasteiger partial charge in [-0.1, -0.05) is 22.4 Å². The quantitative estimate of drug-likeness (QED) is 0.569. The van der Waals surface area contributed by atoms with Crippen LogP contribution in [0.4, 0.5) is 0 Å². The minimum Gasteiger partial charge on any atom is -0.459 e. The highest BCUT2D eigenvalue weighted by Gasteiger charge is 2.23. The van der Waals surface area contributed by atoms with Gasteiger partial charge in [0.1, 0.15) is 6.10 Å². The number of ether oxygens (including phenoxy) is 1. The van der Waals surface area contributed by atoms with Gasteiger partial charge in [0, 0.05) is 15.2 Å². The highest BCUT2D eigenvalue weighted by Crippen LogP contribution is 2.28. The second-order valence-electron chi connectivity index (χ2n) is 5.18. The summed E-state index contributed by atoms with van der Waals surface area (Å²) in [5, 5.41) is 0. The Morgan fingerprint density at radius 2 is 1.90 bits per heavy atom. The number of rotatable bonds is 3. The van der Waals surface area contributed by atoms with Gasteiger partial charge in [-0.25, -0.2) is 13.2 Å². The minimum atomic E-state index is -3.90. The predicted molar refractivity (Wildman–Crippen MR) is 84.2 cm³/mol. The van der Waals surface area contributed by atoms with E-state index in [9.17, 15) is 13.2 Å². The van der Waals surface area contributed by atoms with Crippen molar-refractivity contribution in [2.75, 3.05) is 0 Å². The Morgan fingerprint density at radius 1 is 1.29 bits per heavy atom. The Kier molecular flexibility index (Phi) is 5.33. The second kappa shape index (κ2) is 6.67. The monoisotopic (exact) mass is 394 g/mol. The van der Waals surface area contributed by atoms with Crippen LogP contribution in [0.3, 0.4) is 0 Å². The third-order valence-corrected chi connectivity index (χ3v) is 5.80. The minimum absolute atomic E-state index is 0.0827. The first kappa shape index (κ1) is 16.8. The summed E-state index contributed by atoms with van der Waals surface area (Å²) in [4.78, 5) is 12.2. The molecule has 1 aliphatic rings. The van der Waals surface area contributed by atoms with Crippen LogP contribution in [-0.4, -0.2) is 20.5 Å². The molecular formula is C14H16BrClO4S. The average molecular weight is 396 g/mol. The van der Waals surface area contributed by atoms with E-state index in [0.29, 0.717) is 10.0 Å². The summed E-state index contributed by atoms with van der Waals surface area (Å²) < 4.78 is 28.9. The van der Waals surface area contributed by atoms with E-state index >= 15 is 0 Å². The number of benzene rings is 1. The maximum absolute atomic E-state index is 12.3. The van der Waals surface area contributed by atoms with E-state index < -0.39 is 15.0 Å². The molecule has 1 saturated carbocycles. The number of esters is 1. The Bertz CT molecular complexity index is 651. The Morgan fingerprint density at radius 3 is 2.48 bits per heavy atom. The van der Waals surface area contributed by atoms with Crippen molar-refractivity contribution < 1.29 is 17.9 Å². The zero-order valence-electron chi connectivity index (χ0n) is 11.6. The van der Waals surface area contributed by atoms with Crippen LogP contribution in [-0.2, 0) is 13.8 Å². The Hall–Kier alpha value is -0.590. The summed E-state index contributed by atoms with van der Waals surface area (Å²) in [5.41, 5.74) is 0.869. The SMILES string of the molecule is Cc1c(Br)cc(S(=O)(=O)Cl)cc1C(=O)OC1CCCCC1. The van der Waals surface area contributed by atoms with Crippen LogP contribution >= 0.6 is 26.6 Å². The van der Waals surface area contributed by atoms with Gasteiger partial charge in [0.15, 0.2) is 0 Å². The number of carbonyl (C=O) groups excluding carboxylic acids is 1. The molecule has 0 heterocycles. The Balaban J connectivity index is 2.29. The van der Waals surface area contributed by atoms with Crippen LogP contribution in [0.2, 0.25) is 0 Å². The normalized spacial score (nSPS) is 16.7. The molecule has 1 fully saturated rings. The van der Waals surface area contributed by atoms with Gasteiger partial charge in [-0.15, -0.1) is 0 Å². The third kappa shape index (κ3) is 4.20. The summed E-state index contributed by atoms with van der Waals surface area (Å²) >= 11 is 3.25. The molecule has 2 rings (SSSR count). The summed E-state index contributed by atoms with van der Waals surface area (Å²) in [6.45, 7) is 1.73. The van der Waals surface area contributed by atoms with Gasteiger partial charge in [0.05, 0.1) is 10.5 Å². The number of carbonyl (C=O) groups is 1. The topological polar surface area (TPSA) is 60.4 Å². The molecule has 7 heteroatoms. The molecule has 0 aromatic heterocycles. The van der Waals surface area contributed by atoms with Gasteiger partial charge in [-0.3, -0.25) is 0 Å². The van der Waals surface area contributed by atoms with E-state index in [1.165, 1.54) is 18.6 Å². The van der Waals surface area contributed by atoms with Crippen LogP contribution in [0.1, 0.15) is 48.0 Å². The van der Waals surface area contributed by atoms with E-state index in [1.54, 1.807) is 6.92 Å². The van der Waals surface area contributed by atoms with Crippen LogP contribution in [0, 0.1) is 6.92 Å². The maximum atomic E-state index is 12.3. The van der Waals surface area contributed by atoms with Crippen molar-refractivity contribution in [1.82, 2.24) is 0 Å². The highest BCUT2D eigenvalue weighted by atomic mass is 79.9. The fraction of sp³-hybridized carbons (Fsp3) is 0.500. The lowest BCUT2D eigenvalue weighted by molar-refractivity contribution is 0.0210. The molecule has 0 amide bonds. The van der Waals surface area contributed by atoms with Crippen LogP contribution < -0.4 is 0 Å².